The lowest BCUT2D eigenvalue weighted by atomic mass is 9.90. The molecule has 0 bridgehead atoms. The van der Waals surface area contributed by atoms with Gasteiger partial charge < -0.3 is 10.6 Å². The second-order valence-corrected chi connectivity index (χ2v) is 11.1. The summed E-state index contributed by atoms with van der Waals surface area (Å²) in [6.45, 7) is 0. The summed E-state index contributed by atoms with van der Waals surface area (Å²) in [6, 6.07) is 13.6. The molecular formula is C28H27ClF3N5O3S. The lowest BCUT2D eigenvalue weighted by molar-refractivity contribution is -0.141. The second kappa shape index (κ2) is 12.2. The van der Waals surface area contributed by atoms with E-state index in [0.717, 1.165) is 6.07 Å². The van der Waals surface area contributed by atoms with E-state index in [1.807, 2.05) is 6.07 Å². The van der Waals surface area contributed by atoms with Crippen molar-refractivity contribution >= 4 is 62.1 Å². The number of para-hydroxylation sites is 1. The number of hydrogen-bond donors (Lipinski definition) is 3. The highest BCUT2D eigenvalue weighted by Crippen LogP contribution is 2.35. The largest absolute Gasteiger partial charge is 0.433 e. The molecule has 13 heteroatoms. The molecule has 2 heterocycles. The SMILES string of the molecule is O=S=C1NC(CCC(=O)NC2CCC(Nc3cc(C(F)(F)F)nc4ccc(Cl)cc34)CC2)C(=O)N1c1ccccc1. The fourth-order valence-corrected chi connectivity index (χ4v) is 5.88. The van der Waals surface area contributed by atoms with Crippen LogP contribution in [0.4, 0.5) is 24.5 Å². The Morgan fingerprint density at radius 2 is 1.78 bits per heavy atom. The topological polar surface area (TPSA) is 103 Å². The first-order valence-electron chi connectivity index (χ1n) is 13.2. The van der Waals surface area contributed by atoms with Gasteiger partial charge >= 0.3 is 6.18 Å². The van der Waals surface area contributed by atoms with E-state index < -0.39 is 17.9 Å². The van der Waals surface area contributed by atoms with Crippen LogP contribution in [0.15, 0.2) is 54.6 Å². The molecule has 2 aliphatic rings. The predicted octanol–water partition coefficient (Wildman–Crippen LogP) is 4.83. The number of amides is 2. The fourth-order valence-electron chi connectivity index (χ4n) is 5.25. The molecule has 2 amide bonds. The number of carbonyl (C=O) groups is 2. The maximum Gasteiger partial charge on any atom is 0.433 e. The Balaban J connectivity index is 1.14. The van der Waals surface area contributed by atoms with Crippen LogP contribution in [-0.2, 0) is 27.0 Å². The Hall–Kier alpha value is -3.48. The van der Waals surface area contributed by atoms with E-state index in [-0.39, 0.29) is 58.6 Å². The Kier molecular flexibility index (Phi) is 8.62. The number of anilines is 2. The molecule has 5 rings (SSSR count). The summed E-state index contributed by atoms with van der Waals surface area (Å²) in [6.07, 6.45) is -1.68. The average molecular weight is 606 g/mol. The summed E-state index contributed by atoms with van der Waals surface area (Å²) >= 11 is 6.29. The average Bonchev–Trinajstić information content (AvgIpc) is 3.28. The lowest BCUT2D eigenvalue weighted by Crippen LogP contribution is -2.41. The van der Waals surface area contributed by atoms with Crippen LogP contribution in [0, 0.1) is 0 Å². The minimum absolute atomic E-state index is 0.0812. The van der Waals surface area contributed by atoms with Crippen molar-refractivity contribution in [3.05, 3.63) is 65.3 Å². The molecule has 3 aromatic rings. The van der Waals surface area contributed by atoms with Crippen LogP contribution in [0.25, 0.3) is 10.9 Å². The van der Waals surface area contributed by atoms with Crippen LogP contribution in [-0.4, -0.2) is 44.2 Å². The predicted molar refractivity (Wildman–Crippen MR) is 153 cm³/mol. The van der Waals surface area contributed by atoms with Crippen molar-refractivity contribution in [2.24, 2.45) is 0 Å². The van der Waals surface area contributed by atoms with Gasteiger partial charge in [0.1, 0.15) is 16.9 Å². The molecule has 1 unspecified atom stereocenters. The first kappa shape index (κ1) is 29.0. The molecule has 1 aliphatic carbocycles. The molecule has 2 fully saturated rings. The molecule has 1 atom stereocenters. The third kappa shape index (κ3) is 6.71. The number of halogens is 4. The van der Waals surface area contributed by atoms with Gasteiger partial charge in [-0.25, -0.2) is 9.19 Å². The third-order valence-corrected chi connectivity index (χ3v) is 7.98. The molecule has 2 aromatic carbocycles. The highest BCUT2D eigenvalue weighted by molar-refractivity contribution is 7.66. The molecule has 1 saturated carbocycles. The van der Waals surface area contributed by atoms with Gasteiger partial charge in [-0.15, -0.1) is 0 Å². The first-order chi connectivity index (χ1) is 19.6. The first-order valence-corrected chi connectivity index (χ1v) is 14.3. The van der Waals surface area contributed by atoms with Crippen molar-refractivity contribution < 1.29 is 27.0 Å². The quantitative estimate of drug-likeness (QED) is 0.333. The Morgan fingerprint density at radius 3 is 2.46 bits per heavy atom. The smallest absolute Gasteiger partial charge is 0.382 e. The van der Waals surface area contributed by atoms with Gasteiger partial charge in [0.2, 0.25) is 5.91 Å². The van der Waals surface area contributed by atoms with Crippen molar-refractivity contribution in [2.75, 3.05) is 10.2 Å². The van der Waals surface area contributed by atoms with Crippen molar-refractivity contribution in [2.45, 2.75) is 62.8 Å². The number of rotatable bonds is 7. The minimum Gasteiger partial charge on any atom is -0.382 e. The molecule has 3 N–H and O–H groups in total. The van der Waals surface area contributed by atoms with E-state index in [4.69, 9.17) is 11.6 Å². The fraction of sp³-hybridized carbons (Fsp3) is 0.357. The summed E-state index contributed by atoms with van der Waals surface area (Å²) < 4.78 is 51.9. The van der Waals surface area contributed by atoms with Gasteiger partial charge in [0.25, 0.3) is 5.91 Å². The highest BCUT2D eigenvalue weighted by Gasteiger charge is 2.38. The van der Waals surface area contributed by atoms with E-state index in [9.17, 15) is 27.0 Å². The Bertz CT molecular complexity index is 1510. The standard InChI is InChI=1S/C28H27ClF3N5O3S/c29-16-6-11-21-20(14-16)23(15-24(35-21)28(30,31)32)33-17-7-9-18(10-8-17)34-25(38)13-12-22-26(39)37(27(36-22)41-40)19-4-2-1-3-5-19/h1-6,11,14-15,17-18,22,36H,7-10,12-13H2,(H,33,35)(H,34,38). The number of carbonyl (C=O) groups excluding carboxylic acids is 2. The lowest BCUT2D eigenvalue weighted by Gasteiger charge is -2.31. The van der Waals surface area contributed by atoms with E-state index in [2.05, 4.69) is 20.9 Å². The number of hydrogen-bond acceptors (Lipinski definition) is 5. The zero-order chi connectivity index (χ0) is 29.1. The molecule has 1 saturated heterocycles. The summed E-state index contributed by atoms with van der Waals surface area (Å²) in [7, 11) is 0. The highest BCUT2D eigenvalue weighted by atomic mass is 35.5. The minimum atomic E-state index is -4.59. The number of fused-ring (bicyclic) bond motifs is 1. The van der Waals surface area contributed by atoms with Gasteiger partial charge in [0, 0.05) is 34.6 Å². The molecule has 216 valence electrons. The number of nitrogens with zero attached hydrogens (tertiary/aromatic N) is 2. The van der Waals surface area contributed by atoms with Crippen molar-refractivity contribution in [1.82, 2.24) is 15.6 Å². The van der Waals surface area contributed by atoms with Crippen LogP contribution >= 0.6 is 11.6 Å². The molecule has 1 aliphatic heterocycles. The Labute approximate surface area is 242 Å². The number of alkyl halides is 3. The van der Waals surface area contributed by atoms with Gasteiger partial charge in [-0.05, 0) is 68.5 Å². The van der Waals surface area contributed by atoms with Crippen molar-refractivity contribution in [3.8, 4) is 0 Å². The van der Waals surface area contributed by atoms with Crippen LogP contribution in [0.3, 0.4) is 0 Å². The van der Waals surface area contributed by atoms with E-state index in [1.165, 1.54) is 17.0 Å². The number of aromatic nitrogens is 1. The maximum atomic E-state index is 13.4. The summed E-state index contributed by atoms with van der Waals surface area (Å²) in [5.41, 5.74) is 0.131. The number of nitrogens with one attached hydrogen (secondary N) is 3. The van der Waals surface area contributed by atoms with Crippen LogP contribution in [0.1, 0.15) is 44.2 Å². The molecular weight excluding hydrogens is 579 g/mol. The van der Waals surface area contributed by atoms with Gasteiger partial charge in [-0.3, -0.25) is 19.8 Å². The van der Waals surface area contributed by atoms with Gasteiger partial charge in [0.15, 0.2) is 5.11 Å². The zero-order valence-electron chi connectivity index (χ0n) is 21.7. The monoisotopic (exact) mass is 605 g/mol. The van der Waals surface area contributed by atoms with Crippen LogP contribution in [0.5, 0.6) is 0 Å². The van der Waals surface area contributed by atoms with Crippen molar-refractivity contribution in [1.29, 1.82) is 0 Å². The second-order valence-electron chi connectivity index (χ2n) is 10.1. The van der Waals surface area contributed by atoms with E-state index in [0.29, 0.717) is 47.5 Å². The summed E-state index contributed by atoms with van der Waals surface area (Å²) in [4.78, 5) is 30.7. The van der Waals surface area contributed by atoms with E-state index in [1.54, 1.807) is 30.3 Å². The molecule has 0 radical (unpaired) electrons. The molecule has 41 heavy (non-hydrogen) atoms. The van der Waals surface area contributed by atoms with Gasteiger partial charge in [0.05, 0.1) is 17.2 Å². The normalized spacial score (nSPS) is 21.3. The number of pyridine rings is 1. The molecule has 0 spiro atoms. The molecule has 8 nitrogen and oxygen atoms in total. The third-order valence-electron chi connectivity index (χ3n) is 7.29. The van der Waals surface area contributed by atoms with Gasteiger partial charge in [-0.1, -0.05) is 29.8 Å². The van der Waals surface area contributed by atoms with Crippen molar-refractivity contribution in [3.63, 3.8) is 0 Å². The number of benzene rings is 2. The zero-order valence-corrected chi connectivity index (χ0v) is 23.3. The van der Waals surface area contributed by atoms with Gasteiger partial charge in [-0.2, -0.15) is 13.2 Å². The molecule has 1 aromatic heterocycles. The Morgan fingerprint density at radius 1 is 1.07 bits per heavy atom. The van der Waals surface area contributed by atoms with E-state index >= 15 is 0 Å². The van der Waals surface area contributed by atoms with Crippen LogP contribution < -0.4 is 20.9 Å². The summed E-state index contributed by atoms with van der Waals surface area (Å²) in [5.74, 6) is -0.484. The van der Waals surface area contributed by atoms with Crippen LogP contribution in [0.2, 0.25) is 5.02 Å². The summed E-state index contributed by atoms with van der Waals surface area (Å²) in [5, 5.41) is 10.3. The maximum absolute atomic E-state index is 13.4.